The number of benzene rings is 3. The van der Waals surface area contributed by atoms with Gasteiger partial charge in [0, 0.05) is 18.3 Å². The number of hydrogen-bond acceptors (Lipinski definition) is 3. The molecular formula is C28H32N2O3S. The molecule has 5 nitrogen and oxygen atoms in total. The number of amides is 1. The number of nitrogens with zero attached hydrogens (tertiary/aromatic N) is 2. The van der Waals surface area contributed by atoms with E-state index in [4.69, 9.17) is 0 Å². The molecule has 0 fully saturated rings. The van der Waals surface area contributed by atoms with E-state index in [-0.39, 0.29) is 29.9 Å². The summed E-state index contributed by atoms with van der Waals surface area (Å²) in [6, 6.07) is 19.4. The first kappa shape index (κ1) is 24.2. The number of aryl methyl sites for hydroxylation is 4. The first-order chi connectivity index (χ1) is 16.1. The van der Waals surface area contributed by atoms with Crippen LogP contribution >= 0.6 is 0 Å². The number of rotatable bonds is 6. The Morgan fingerprint density at radius 1 is 0.941 bits per heavy atom. The van der Waals surface area contributed by atoms with Crippen LogP contribution in [0.5, 0.6) is 0 Å². The van der Waals surface area contributed by atoms with Crippen LogP contribution in [-0.4, -0.2) is 31.2 Å². The summed E-state index contributed by atoms with van der Waals surface area (Å²) in [7, 11) is -3.92. The molecule has 0 spiro atoms. The second-order valence-corrected chi connectivity index (χ2v) is 11.3. The number of anilines is 1. The molecule has 6 heteroatoms. The molecule has 1 amide bonds. The molecule has 3 aromatic rings. The van der Waals surface area contributed by atoms with Gasteiger partial charge in [-0.05, 0) is 69.4 Å². The Kier molecular flexibility index (Phi) is 6.65. The van der Waals surface area contributed by atoms with Gasteiger partial charge in [0.25, 0.3) is 0 Å². The number of sulfonamides is 1. The van der Waals surface area contributed by atoms with Gasteiger partial charge in [0.1, 0.15) is 0 Å². The van der Waals surface area contributed by atoms with Gasteiger partial charge in [-0.15, -0.1) is 0 Å². The van der Waals surface area contributed by atoms with Crippen molar-refractivity contribution in [3.63, 3.8) is 0 Å². The maximum absolute atomic E-state index is 14.0. The fourth-order valence-electron chi connectivity index (χ4n) is 5.00. The summed E-state index contributed by atoms with van der Waals surface area (Å²) in [6.07, 6.45) is 0.767. The average Bonchev–Trinajstić information content (AvgIpc) is 3.09. The molecule has 0 unspecified atom stereocenters. The molecule has 0 bridgehead atoms. The van der Waals surface area contributed by atoms with E-state index in [2.05, 4.69) is 0 Å². The van der Waals surface area contributed by atoms with Crippen LogP contribution in [-0.2, 0) is 27.8 Å². The molecule has 1 atom stereocenters. The van der Waals surface area contributed by atoms with Crippen molar-refractivity contribution in [1.29, 1.82) is 0 Å². The predicted molar refractivity (Wildman–Crippen MR) is 137 cm³/mol. The fraction of sp³-hybridized carbons (Fsp3) is 0.321. The fourth-order valence-corrected chi connectivity index (χ4v) is 6.79. The van der Waals surface area contributed by atoms with Gasteiger partial charge in [-0.1, -0.05) is 65.7 Å². The Balaban J connectivity index is 1.73. The molecule has 1 aliphatic rings. The van der Waals surface area contributed by atoms with Crippen molar-refractivity contribution < 1.29 is 13.2 Å². The van der Waals surface area contributed by atoms with Gasteiger partial charge in [-0.25, -0.2) is 8.42 Å². The van der Waals surface area contributed by atoms with Crippen LogP contribution in [0.15, 0.2) is 65.6 Å². The molecule has 0 saturated carbocycles. The standard InChI is InChI=1S/C28H32N2O3S/c1-19-10-12-24(13-11-19)17-29(34(32,33)28-21(3)14-20(2)15-22(28)4)18-27(31)30-23(5)16-25-8-6-7-9-26(25)30/h6-15,23H,16-18H2,1-5H3/t23-/m0/s1. The minimum absolute atomic E-state index is 0.0170. The highest BCUT2D eigenvalue weighted by Gasteiger charge is 2.35. The maximum atomic E-state index is 14.0. The van der Waals surface area contributed by atoms with Crippen LogP contribution in [0.25, 0.3) is 0 Å². The topological polar surface area (TPSA) is 57.7 Å². The number of fused-ring (bicyclic) bond motifs is 1. The molecule has 4 rings (SSSR count). The molecular weight excluding hydrogens is 444 g/mol. The molecule has 0 aliphatic carbocycles. The lowest BCUT2D eigenvalue weighted by Gasteiger charge is -2.28. The molecule has 1 aliphatic heterocycles. The largest absolute Gasteiger partial charge is 0.308 e. The van der Waals surface area contributed by atoms with Crippen molar-refractivity contribution in [3.8, 4) is 0 Å². The van der Waals surface area contributed by atoms with E-state index < -0.39 is 10.0 Å². The number of para-hydroxylation sites is 1. The third-order valence-corrected chi connectivity index (χ3v) is 8.57. The molecule has 178 valence electrons. The molecule has 34 heavy (non-hydrogen) atoms. The summed E-state index contributed by atoms with van der Waals surface area (Å²) >= 11 is 0. The predicted octanol–water partition coefficient (Wildman–Crippen LogP) is 5.09. The lowest BCUT2D eigenvalue weighted by molar-refractivity contribution is -0.119. The summed E-state index contributed by atoms with van der Waals surface area (Å²) < 4.78 is 29.3. The Morgan fingerprint density at radius 2 is 1.56 bits per heavy atom. The molecule has 3 aromatic carbocycles. The van der Waals surface area contributed by atoms with Gasteiger partial charge in [-0.2, -0.15) is 4.31 Å². The second kappa shape index (κ2) is 9.35. The number of carbonyl (C=O) groups excluding carboxylic acids is 1. The zero-order chi connectivity index (χ0) is 24.6. The molecule has 0 aromatic heterocycles. The van der Waals surface area contributed by atoms with Crippen LogP contribution in [0.3, 0.4) is 0 Å². The van der Waals surface area contributed by atoms with Gasteiger partial charge in [0.2, 0.25) is 15.9 Å². The Labute approximate surface area is 203 Å². The lowest BCUT2D eigenvalue weighted by Crippen LogP contribution is -2.45. The number of hydrogen-bond donors (Lipinski definition) is 0. The Morgan fingerprint density at radius 3 is 2.21 bits per heavy atom. The summed E-state index contributed by atoms with van der Waals surface area (Å²) in [5, 5.41) is 0. The zero-order valence-electron chi connectivity index (χ0n) is 20.5. The van der Waals surface area contributed by atoms with Gasteiger partial charge < -0.3 is 4.90 Å². The van der Waals surface area contributed by atoms with Crippen LogP contribution in [0.1, 0.15) is 40.3 Å². The minimum Gasteiger partial charge on any atom is -0.308 e. The van der Waals surface area contributed by atoms with Gasteiger partial charge in [0.15, 0.2) is 0 Å². The van der Waals surface area contributed by atoms with Crippen molar-refractivity contribution in [2.45, 2.75) is 58.5 Å². The summed E-state index contributed by atoms with van der Waals surface area (Å²) in [5.74, 6) is -0.212. The molecule has 0 saturated heterocycles. The van der Waals surface area contributed by atoms with Gasteiger partial charge >= 0.3 is 0 Å². The summed E-state index contributed by atoms with van der Waals surface area (Å²) in [4.78, 5) is 15.6. The second-order valence-electron chi connectivity index (χ2n) is 9.43. The van der Waals surface area contributed by atoms with Crippen molar-refractivity contribution in [2.75, 3.05) is 11.4 Å². The van der Waals surface area contributed by atoms with Crippen molar-refractivity contribution in [3.05, 3.63) is 94.0 Å². The van der Waals surface area contributed by atoms with Crippen LogP contribution in [0.4, 0.5) is 5.69 Å². The van der Waals surface area contributed by atoms with E-state index in [9.17, 15) is 13.2 Å². The highest BCUT2D eigenvalue weighted by Crippen LogP contribution is 2.33. The third-order valence-electron chi connectivity index (χ3n) is 6.47. The minimum atomic E-state index is -3.92. The van der Waals surface area contributed by atoms with Gasteiger partial charge in [-0.3, -0.25) is 4.79 Å². The molecule has 0 radical (unpaired) electrons. The highest BCUT2D eigenvalue weighted by atomic mass is 32.2. The normalized spacial score (nSPS) is 15.6. The number of carbonyl (C=O) groups is 1. The van der Waals surface area contributed by atoms with Gasteiger partial charge in [0.05, 0.1) is 11.4 Å². The first-order valence-electron chi connectivity index (χ1n) is 11.6. The lowest BCUT2D eigenvalue weighted by atomic mass is 10.1. The summed E-state index contributed by atoms with van der Waals surface area (Å²) in [6.45, 7) is 9.50. The van der Waals surface area contributed by atoms with Crippen LogP contribution in [0.2, 0.25) is 0 Å². The average molecular weight is 477 g/mol. The third kappa shape index (κ3) is 4.65. The van der Waals surface area contributed by atoms with Crippen LogP contribution in [0, 0.1) is 27.7 Å². The maximum Gasteiger partial charge on any atom is 0.244 e. The molecule has 0 N–H and O–H groups in total. The van der Waals surface area contributed by atoms with E-state index in [1.54, 1.807) is 4.90 Å². The van der Waals surface area contributed by atoms with E-state index in [0.29, 0.717) is 11.1 Å². The SMILES string of the molecule is Cc1ccc(CN(CC(=O)N2c3ccccc3C[C@@H]2C)S(=O)(=O)c2c(C)cc(C)cc2C)cc1. The Hall–Kier alpha value is -2.96. The quantitative estimate of drug-likeness (QED) is 0.498. The van der Waals surface area contributed by atoms with Crippen molar-refractivity contribution in [2.24, 2.45) is 0 Å². The smallest absolute Gasteiger partial charge is 0.244 e. The highest BCUT2D eigenvalue weighted by molar-refractivity contribution is 7.89. The van der Waals surface area contributed by atoms with Crippen LogP contribution < -0.4 is 4.90 Å². The zero-order valence-corrected chi connectivity index (χ0v) is 21.3. The van der Waals surface area contributed by atoms with E-state index in [1.807, 2.05) is 95.3 Å². The van der Waals surface area contributed by atoms with E-state index in [1.165, 1.54) is 4.31 Å². The first-order valence-corrected chi connectivity index (χ1v) is 13.1. The monoisotopic (exact) mass is 476 g/mol. The van der Waals surface area contributed by atoms with Crippen molar-refractivity contribution >= 4 is 21.6 Å². The van der Waals surface area contributed by atoms with Crippen molar-refractivity contribution in [1.82, 2.24) is 4.31 Å². The summed E-state index contributed by atoms with van der Waals surface area (Å²) in [5.41, 5.74) is 6.33. The Bertz CT molecular complexity index is 1310. The molecule has 1 heterocycles. The van der Waals surface area contributed by atoms with E-state index in [0.717, 1.165) is 34.4 Å². The van der Waals surface area contributed by atoms with E-state index >= 15 is 0 Å².